The summed E-state index contributed by atoms with van der Waals surface area (Å²) in [5, 5.41) is 10.0. The van der Waals surface area contributed by atoms with E-state index in [0.717, 1.165) is 6.42 Å². The molecular formula is C28H35BrClN3O4S. The van der Waals surface area contributed by atoms with Crippen LogP contribution >= 0.6 is 39.3 Å². The largest absolute Gasteiger partial charge is 0.396 e. The van der Waals surface area contributed by atoms with Gasteiger partial charge in [-0.25, -0.2) is 0 Å². The van der Waals surface area contributed by atoms with Crippen molar-refractivity contribution in [1.82, 2.24) is 9.80 Å². The second-order valence-corrected chi connectivity index (χ2v) is 13.2. The number of carbonyl (C=O) groups excluding carboxylic acids is 3. The molecule has 1 aromatic carbocycles. The molecule has 10 heteroatoms. The maximum absolute atomic E-state index is 14.4. The Bertz CT molecular complexity index is 1090. The minimum atomic E-state index is -0.769. The van der Waals surface area contributed by atoms with Crippen molar-refractivity contribution in [2.75, 3.05) is 37.7 Å². The molecule has 3 saturated heterocycles. The summed E-state index contributed by atoms with van der Waals surface area (Å²) in [5.74, 6) is -1.57. The van der Waals surface area contributed by atoms with Crippen LogP contribution in [0.15, 0.2) is 49.6 Å². The van der Waals surface area contributed by atoms with Gasteiger partial charge < -0.3 is 19.8 Å². The number of anilines is 1. The lowest BCUT2D eigenvalue weighted by atomic mass is 9.70. The number of thioether (sulfide) groups is 1. The number of halogens is 2. The van der Waals surface area contributed by atoms with Gasteiger partial charge >= 0.3 is 0 Å². The van der Waals surface area contributed by atoms with Crippen molar-refractivity contribution in [3.05, 3.63) is 54.6 Å². The van der Waals surface area contributed by atoms with Gasteiger partial charge in [-0.05, 0) is 43.5 Å². The Labute approximate surface area is 242 Å². The van der Waals surface area contributed by atoms with E-state index < -0.39 is 22.6 Å². The van der Waals surface area contributed by atoms with E-state index >= 15 is 0 Å². The first-order valence-electron chi connectivity index (χ1n) is 13.1. The van der Waals surface area contributed by atoms with Crippen LogP contribution in [0.1, 0.15) is 26.2 Å². The van der Waals surface area contributed by atoms with Gasteiger partial charge in [0, 0.05) is 53.6 Å². The zero-order chi connectivity index (χ0) is 27.6. The maximum atomic E-state index is 14.4. The Kier molecular flexibility index (Phi) is 9.33. The van der Waals surface area contributed by atoms with Crippen molar-refractivity contribution in [3.63, 3.8) is 0 Å². The number of amides is 3. The topological polar surface area (TPSA) is 81.2 Å². The molecule has 3 aliphatic heterocycles. The molecule has 6 atom stereocenters. The molecule has 206 valence electrons. The highest BCUT2D eigenvalue weighted by atomic mass is 79.9. The van der Waals surface area contributed by atoms with E-state index in [4.69, 9.17) is 11.6 Å². The van der Waals surface area contributed by atoms with Gasteiger partial charge in [-0.2, -0.15) is 0 Å². The Balaban J connectivity index is 1.78. The number of hydrogen-bond acceptors (Lipinski definition) is 5. The number of carbonyl (C=O) groups is 3. The van der Waals surface area contributed by atoms with Crippen LogP contribution in [0, 0.1) is 11.8 Å². The monoisotopic (exact) mass is 623 g/mol. The molecule has 1 spiro atoms. The van der Waals surface area contributed by atoms with Gasteiger partial charge in [0.1, 0.15) is 6.04 Å². The summed E-state index contributed by atoms with van der Waals surface area (Å²) in [6.45, 7) is 11.1. The van der Waals surface area contributed by atoms with Crippen LogP contribution in [0.25, 0.3) is 0 Å². The van der Waals surface area contributed by atoms with E-state index in [1.807, 2.05) is 6.92 Å². The molecule has 1 N–H and O–H groups in total. The predicted octanol–water partition coefficient (Wildman–Crippen LogP) is 4.13. The zero-order valence-corrected chi connectivity index (χ0v) is 24.8. The van der Waals surface area contributed by atoms with Crippen molar-refractivity contribution in [1.29, 1.82) is 0 Å². The molecule has 3 heterocycles. The van der Waals surface area contributed by atoms with Crippen molar-refractivity contribution in [2.24, 2.45) is 11.8 Å². The first-order chi connectivity index (χ1) is 18.2. The second-order valence-electron chi connectivity index (χ2n) is 10.1. The third-order valence-electron chi connectivity index (χ3n) is 7.74. The van der Waals surface area contributed by atoms with Crippen LogP contribution in [-0.4, -0.2) is 86.3 Å². The van der Waals surface area contributed by atoms with E-state index in [0.29, 0.717) is 36.6 Å². The lowest BCUT2D eigenvalue weighted by Crippen LogP contribution is -2.56. The number of alkyl halides is 1. The first-order valence-corrected chi connectivity index (χ1v) is 15.2. The molecule has 3 amide bonds. The molecule has 0 aromatic heterocycles. The standard InChI is InChI=1S/C28H35BrClN3O4S/c1-4-12-31(13-5-2)25(35)21-22-26(36)33(15-7-16-34)24(28(22)17-20(29)23(21)38-28)27(37)32(14-6-3)19-10-8-18(30)9-11-19/h4,6,8-11,20-24,34H,1,3,5,7,12-17H2,2H3/t20?,21-,22-,23-,24?,28?/m0/s1. The highest BCUT2D eigenvalue weighted by Gasteiger charge is 2.76. The van der Waals surface area contributed by atoms with E-state index in [-0.39, 0.29) is 47.5 Å². The lowest BCUT2D eigenvalue weighted by molar-refractivity contribution is -0.143. The number of nitrogens with zero attached hydrogens (tertiary/aromatic N) is 3. The van der Waals surface area contributed by atoms with E-state index in [1.54, 1.807) is 62.9 Å². The van der Waals surface area contributed by atoms with Gasteiger partial charge in [-0.3, -0.25) is 14.4 Å². The molecule has 0 aliphatic carbocycles. The number of likely N-dealkylation sites (tertiary alicyclic amines) is 1. The van der Waals surface area contributed by atoms with Crippen LogP contribution in [0.4, 0.5) is 5.69 Å². The van der Waals surface area contributed by atoms with Gasteiger partial charge in [0.2, 0.25) is 11.8 Å². The van der Waals surface area contributed by atoms with Gasteiger partial charge in [-0.15, -0.1) is 24.9 Å². The SMILES string of the molecule is C=CCN(CCC)C(=O)[C@H]1[C@H]2C(=O)N(CCCO)C(C(=O)N(CC=C)c3ccc(Cl)cc3)C23CC(Br)[C@@H]1S3. The average molecular weight is 625 g/mol. The Morgan fingerprint density at radius 3 is 2.53 bits per heavy atom. The number of hydrogen-bond donors (Lipinski definition) is 1. The van der Waals surface area contributed by atoms with Crippen LogP contribution < -0.4 is 4.90 Å². The van der Waals surface area contributed by atoms with E-state index in [2.05, 4.69) is 29.1 Å². The molecule has 4 rings (SSSR count). The van der Waals surface area contributed by atoms with Crippen molar-refractivity contribution in [2.45, 2.75) is 47.1 Å². The maximum Gasteiger partial charge on any atom is 0.251 e. The number of rotatable bonds is 12. The fourth-order valence-electron chi connectivity index (χ4n) is 6.32. The Hall–Kier alpha value is -1.81. The molecule has 38 heavy (non-hydrogen) atoms. The van der Waals surface area contributed by atoms with Gasteiger partial charge in [0.25, 0.3) is 5.91 Å². The van der Waals surface area contributed by atoms with Crippen molar-refractivity contribution >= 4 is 62.7 Å². The molecule has 3 aliphatic rings. The average Bonchev–Trinajstić information content (AvgIpc) is 3.49. The summed E-state index contributed by atoms with van der Waals surface area (Å²) in [5.41, 5.74) is 0.661. The molecule has 3 fully saturated rings. The summed E-state index contributed by atoms with van der Waals surface area (Å²) in [4.78, 5) is 47.6. The number of fused-ring (bicyclic) bond motifs is 1. The summed E-state index contributed by atoms with van der Waals surface area (Å²) >= 11 is 11.5. The number of aliphatic hydroxyl groups excluding tert-OH is 1. The fraction of sp³-hybridized carbons (Fsp3) is 0.536. The quantitative estimate of drug-likeness (QED) is 0.280. The lowest BCUT2D eigenvalue weighted by Gasteiger charge is -2.38. The third-order valence-corrected chi connectivity index (χ3v) is 11.2. The molecule has 3 unspecified atom stereocenters. The highest BCUT2D eigenvalue weighted by molar-refractivity contribution is 9.09. The molecule has 0 radical (unpaired) electrons. The minimum absolute atomic E-state index is 0.00538. The zero-order valence-electron chi connectivity index (χ0n) is 21.6. The molecular weight excluding hydrogens is 590 g/mol. The number of benzene rings is 1. The summed E-state index contributed by atoms with van der Waals surface area (Å²) in [7, 11) is 0. The molecule has 2 bridgehead atoms. The van der Waals surface area contributed by atoms with Crippen LogP contribution in [-0.2, 0) is 14.4 Å². The summed E-state index contributed by atoms with van der Waals surface area (Å²) < 4.78 is -0.749. The van der Waals surface area contributed by atoms with Crippen molar-refractivity contribution in [3.8, 4) is 0 Å². The molecule has 7 nitrogen and oxygen atoms in total. The smallest absolute Gasteiger partial charge is 0.251 e. The molecule has 0 saturated carbocycles. The highest BCUT2D eigenvalue weighted by Crippen LogP contribution is 2.68. The third kappa shape index (κ3) is 4.95. The Morgan fingerprint density at radius 2 is 1.92 bits per heavy atom. The van der Waals surface area contributed by atoms with Crippen molar-refractivity contribution < 1.29 is 19.5 Å². The van der Waals surface area contributed by atoms with Gasteiger partial charge in [0.05, 0.1) is 16.6 Å². The first kappa shape index (κ1) is 29.2. The summed E-state index contributed by atoms with van der Waals surface area (Å²) in [6.07, 6.45) is 5.13. The Morgan fingerprint density at radius 1 is 1.24 bits per heavy atom. The number of aliphatic hydroxyl groups is 1. The van der Waals surface area contributed by atoms with E-state index in [1.165, 1.54) is 0 Å². The van der Waals surface area contributed by atoms with Gasteiger partial charge in [0.15, 0.2) is 0 Å². The predicted molar refractivity (Wildman–Crippen MR) is 157 cm³/mol. The normalized spacial score (nSPS) is 29.3. The van der Waals surface area contributed by atoms with Crippen LogP contribution in [0.3, 0.4) is 0 Å². The van der Waals surface area contributed by atoms with Crippen LogP contribution in [0.5, 0.6) is 0 Å². The fourth-order valence-corrected chi connectivity index (χ4v) is 10.0. The van der Waals surface area contributed by atoms with E-state index in [9.17, 15) is 19.5 Å². The molecule has 1 aromatic rings. The van der Waals surface area contributed by atoms with Gasteiger partial charge in [-0.1, -0.05) is 46.6 Å². The van der Waals surface area contributed by atoms with Crippen LogP contribution in [0.2, 0.25) is 5.02 Å². The second kappa shape index (κ2) is 12.1. The summed E-state index contributed by atoms with van der Waals surface area (Å²) in [6, 6.07) is 6.25. The minimum Gasteiger partial charge on any atom is -0.396 e.